The van der Waals surface area contributed by atoms with Crippen molar-refractivity contribution in [1.82, 2.24) is 4.57 Å². The number of halogens is 3. The highest BCUT2D eigenvalue weighted by atomic mass is 32.2. The molecule has 37 heavy (non-hydrogen) atoms. The number of hydrogen-bond donors (Lipinski definition) is 1. The first kappa shape index (κ1) is 28.0. The van der Waals surface area contributed by atoms with Crippen molar-refractivity contribution in [2.45, 2.75) is 49.9 Å². The second-order valence-corrected chi connectivity index (χ2v) is 10.4. The van der Waals surface area contributed by atoms with Gasteiger partial charge in [-0.15, -0.1) is 0 Å². The summed E-state index contributed by atoms with van der Waals surface area (Å²) in [5.41, 5.74) is -4.60. The summed E-state index contributed by atoms with van der Waals surface area (Å²) in [6, 6.07) is 9.43. The van der Waals surface area contributed by atoms with Crippen molar-refractivity contribution < 1.29 is 45.8 Å². The number of fused-ring (bicyclic) bond motifs is 1. The molecule has 12 heteroatoms. The molecule has 0 unspecified atom stereocenters. The van der Waals surface area contributed by atoms with Crippen LogP contribution in [0.1, 0.15) is 55.5 Å². The number of ether oxygens (including phenoxy) is 2. The first-order valence-corrected chi connectivity index (χ1v) is 12.9. The van der Waals surface area contributed by atoms with Crippen LogP contribution in [0.25, 0.3) is 16.6 Å². The van der Waals surface area contributed by atoms with Crippen LogP contribution in [0.4, 0.5) is 13.2 Å². The molecule has 0 aliphatic rings. The van der Waals surface area contributed by atoms with Gasteiger partial charge in [0.15, 0.2) is 0 Å². The molecule has 3 aromatic rings. The maximum absolute atomic E-state index is 13.2. The fourth-order valence-corrected chi connectivity index (χ4v) is 4.50. The minimum Gasteiger partial charge on any atom is -0.494 e. The van der Waals surface area contributed by atoms with E-state index in [0.29, 0.717) is 11.8 Å². The molecule has 1 N–H and O–H groups in total. The van der Waals surface area contributed by atoms with Gasteiger partial charge in [0.1, 0.15) is 5.56 Å². The molecule has 0 saturated carbocycles. The normalized spacial score (nSPS) is 12.2. The van der Waals surface area contributed by atoms with E-state index in [1.54, 1.807) is 31.2 Å². The molecule has 0 spiro atoms. The van der Waals surface area contributed by atoms with Crippen molar-refractivity contribution in [3.8, 4) is 11.6 Å². The van der Waals surface area contributed by atoms with E-state index >= 15 is 0 Å². The van der Waals surface area contributed by atoms with Gasteiger partial charge in [0.05, 0.1) is 23.6 Å². The van der Waals surface area contributed by atoms with Crippen LogP contribution in [0, 0.1) is 0 Å². The van der Waals surface area contributed by atoms with Gasteiger partial charge in [-0.2, -0.15) is 13.2 Å². The summed E-state index contributed by atoms with van der Waals surface area (Å²) >= 11 is 0. The van der Waals surface area contributed by atoms with Gasteiger partial charge in [-0.05, 0) is 55.2 Å². The molecule has 200 valence electrons. The number of carbonyl (C=O) groups is 2. The third-order valence-electron chi connectivity index (χ3n) is 5.61. The van der Waals surface area contributed by atoms with Crippen molar-refractivity contribution in [1.29, 1.82) is 0 Å². The molecular weight excluding hydrogens is 515 g/mol. The van der Waals surface area contributed by atoms with Crippen LogP contribution < -0.4 is 0 Å². The van der Waals surface area contributed by atoms with Crippen LogP contribution in [0.15, 0.2) is 47.4 Å². The molecule has 0 amide bonds. The van der Waals surface area contributed by atoms with E-state index in [9.17, 15) is 36.3 Å². The fraction of sp³-hybridized carbons (Fsp3) is 0.360. The largest absolute Gasteiger partial charge is 0.501 e. The lowest BCUT2D eigenvalue weighted by molar-refractivity contribution is -0.143. The van der Waals surface area contributed by atoms with Gasteiger partial charge >= 0.3 is 17.4 Å². The maximum atomic E-state index is 13.2. The number of alkyl halides is 3. The lowest BCUT2D eigenvalue weighted by atomic mass is 10.0. The Labute approximate surface area is 211 Å². The standard InChI is InChI=1S/C25H26F3NO7S/c1-4-35-21(30)6-5-13-36-24(32)22-19-14-18(37(33,34)25(26,27)28)11-12-20(19)29(23(22)31)17-9-7-16(8-10-17)15(2)3/h7-12,14-15,31H,4-6,13H2,1-3H3. The maximum Gasteiger partial charge on any atom is 0.501 e. The van der Waals surface area contributed by atoms with Gasteiger partial charge in [-0.25, -0.2) is 13.2 Å². The Morgan fingerprint density at radius 3 is 2.27 bits per heavy atom. The summed E-state index contributed by atoms with van der Waals surface area (Å²) in [5.74, 6) is -2.01. The molecule has 0 aliphatic carbocycles. The average molecular weight is 542 g/mol. The second-order valence-electron chi connectivity index (χ2n) is 8.45. The van der Waals surface area contributed by atoms with E-state index in [1.807, 2.05) is 13.8 Å². The zero-order chi connectivity index (χ0) is 27.5. The molecule has 0 atom stereocenters. The Morgan fingerprint density at radius 2 is 1.70 bits per heavy atom. The number of benzene rings is 2. The average Bonchev–Trinajstić information content (AvgIpc) is 3.12. The summed E-state index contributed by atoms with van der Waals surface area (Å²) in [5, 5.41) is 10.8. The highest BCUT2D eigenvalue weighted by Crippen LogP contribution is 2.38. The van der Waals surface area contributed by atoms with Gasteiger partial charge in [-0.1, -0.05) is 26.0 Å². The van der Waals surface area contributed by atoms with Crippen molar-refractivity contribution in [3.05, 3.63) is 53.6 Å². The zero-order valence-corrected chi connectivity index (χ0v) is 21.1. The summed E-state index contributed by atoms with van der Waals surface area (Å²) in [6.07, 6.45) is 0.0688. The van der Waals surface area contributed by atoms with Gasteiger partial charge in [-0.3, -0.25) is 9.36 Å². The molecule has 3 rings (SSSR count). The fourth-order valence-electron chi connectivity index (χ4n) is 3.72. The third-order valence-corrected chi connectivity index (χ3v) is 7.10. The highest BCUT2D eigenvalue weighted by molar-refractivity contribution is 7.92. The van der Waals surface area contributed by atoms with E-state index in [4.69, 9.17) is 9.47 Å². The highest BCUT2D eigenvalue weighted by Gasteiger charge is 2.47. The molecule has 0 bridgehead atoms. The minimum absolute atomic E-state index is 0.0367. The predicted molar refractivity (Wildman–Crippen MR) is 128 cm³/mol. The Bertz CT molecular complexity index is 1410. The van der Waals surface area contributed by atoms with Crippen LogP contribution in [0.5, 0.6) is 5.88 Å². The SMILES string of the molecule is CCOC(=O)CCCOC(=O)c1c(O)n(-c2ccc(C(C)C)cc2)c2ccc(S(=O)(=O)C(F)(F)F)cc12. The second kappa shape index (κ2) is 10.8. The molecule has 0 saturated heterocycles. The first-order valence-electron chi connectivity index (χ1n) is 11.4. The molecule has 0 fully saturated rings. The van der Waals surface area contributed by atoms with Crippen molar-refractivity contribution in [2.24, 2.45) is 0 Å². The number of hydrogen-bond acceptors (Lipinski definition) is 7. The lowest BCUT2D eigenvalue weighted by Crippen LogP contribution is -2.23. The summed E-state index contributed by atoms with van der Waals surface area (Å²) in [6.45, 7) is 5.55. The summed E-state index contributed by atoms with van der Waals surface area (Å²) in [4.78, 5) is 23.3. The summed E-state index contributed by atoms with van der Waals surface area (Å²) in [7, 11) is -5.72. The molecule has 8 nitrogen and oxygen atoms in total. The van der Waals surface area contributed by atoms with Gasteiger partial charge in [0.25, 0.3) is 9.84 Å². The Balaban J connectivity index is 2.09. The monoisotopic (exact) mass is 541 g/mol. The number of rotatable bonds is 9. The van der Waals surface area contributed by atoms with Gasteiger partial charge < -0.3 is 14.6 Å². The molecule has 0 aliphatic heterocycles. The van der Waals surface area contributed by atoms with Gasteiger partial charge in [0, 0.05) is 17.5 Å². The molecule has 0 radical (unpaired) electrons. The van der Waals surface area contributed by atoms with Crippen LogP contribution in [0.2, 0.25) is 0 Å². The van der Waals surface area contributed by atoms with E-state index in [-0.39, 0.29) is 42.9 Å². The lowest BCUT2D eigenvalue weighted by Gasteiger charge is -2.11. The van der Waals surface area contributed by atoms with Crippen LogP contribution in [0.3, 0.4) is 0 Å². The number of nitrogens with zero attached hydrogens (tertiary/aromatic N) is 1. The van der Waals surface area contributed by atoms with E-state index in [2.05, 4.69) is 0 Å². The van der Waals surface area contributed by atoms with Crippen LogP contribution in [-0.4, -0.2) is 48.8 Å². The quantitative estimate of drug-likeness (QED) is 0.291. The van der Waals surface area contributed by atoms with Gasteiger partial charge in [0.2, 0.25) is 5.88 Å². The van der Waals surface area contributed by atoms with Crippen LogP contribution >= 0.6 is 0 Å². The zero-order valence-electron chi connectivity index (χ0n) is 20.3. The topological polar surface area (TPSA) is 112 Å². The van der Waals surface area contributed by atoms with Crippen molar-refractivity contribution in [3.63, 3.8) is 0 Å². The van der Waals surface area contributed by atoms with E-state index in [0.717, 1.165) is 17.7 Å². The third kappa shape index (κ3) is 5.74. The molecule has 2 aromatic carbocycles. The smallest absolute Gasteiger partial charge is 0.494 e. The Morgan fingerprint density at radius 1 is 1.05 bits per heavy atom. The molecule has 1 aromatic heterocycles. The number of sulfone groups is 1. The molecular formula is C25H26F3NO7S. The Hall–Kier alpha value is -3.54. The predicted octanol–water partition coefficient (Wildman–Crippen LogP) is 5.25. The number of aromatic hydroxyl groups is 1. The molecule has 1 heterocycles. The number of carbonyl (C=O) groups excluding carboxylic acids is 2. The van der Waals surface area contributed by atoms with E-state index in [1.165, 1.54) is 4.57 Å². The van der Waals surface area contributed by atoms with E-state index < -0.39 is 43.6 Å². The first-order chi connectivity index (χ1) is 17.3. The number of aromatic nitrogens is 1. The summed E-state index contributed by atoms with van der Waals surface area (Å²) < 4.78 is 74.7. The Kier molecular flexibility index (Phi) is 8.21. The van der Waals surface area contributed by atoms with Crippen molar-refractivity contribution in [2.75, 3.05) is 13.2 Å². The van der Waals surface area contributed by atoms with Crippen LogP contribution in [-0.2, 0) is 24.1 Å². The number of esters is 2. The van der Waals surface area contributed by atoms with Crippen molar-refractivity contribution >= 4 is 32.7 Å². The minimum atomic E-state index is -5.72.